The Balaban J connectivity index is 0. The number of nitrogens with one attached hydrogen (secondary N) is 2. The second kappa shape index (κ2) is 10.7. The van der Waals surface area contributed by atoms with Crippen molar-refractivity contribution in [2.45, 2.75) is 45.6 Å². The Morgan fingerprint density at radius 1 is 1.26 bits per heavy atom. The van der Waals surface area contributed by atoms with E-state index in [9.17, 15) is 4.79 Å². The fourth-order valence-electron chi connectivity index (χ4n) is 2.50. The lowest BCUT2D eigenvalue weighted by Gasteiger charge is -2.27. The van der Waals surface area contributed by atoms with Gasteiger partial charge < -0.3 is 15.5 Å². The topological polar surface area (TPSA) is 44.4 Å². The SMILES string of the molecule is CCN(CC)CCNC(=O)C1(CC)CCCN1.Cl.Cl. The molecule has 1 heterocycles. The molecule has 0 aromatic heterocycles. The van der Waals surface area contributed by atoms with Gasteiger partial charge in [0.1, 0.15) is 0 Å². The van der Waals surface area contributed by atoms with Crippen molar-refractivity contribution in [3.05, 3.63) is 0 Å². The highest BCUT2D eigenvalue weighted by molar-refractivity contribution is 5.86. The molecule has 0 aliphatic carbocycles. The van der Waals surface area contributed by atoms with Gasteiger partial charge in [0.05, 0.1) is 5.54 Å². The number of nitrogens with zero attached hydrogens (tertiary/aromatic N) is 1. The van der Waals surface area contributed by atoms with Crippen molar-refractivity contribution in [3.63, 3.8) is 0 Å². The lowest BCUT2D eigenvalue weighted by atomic mass is 9.93. The molecule has 4 nitrogen and oxygen atoms in total. The Labute approximate surface area is 129 Å². The third kappa shape index (κ3) is 5.86. The van der Waals surface area contributed by atoms with E-state index in [1.807, 2.05) is 0 Å². The minimum atomic E-state index is -0.288. The Morgan fingerprint density at radius 2 is 1.89 bits per heavy atom. The molecule has 1 atom stereocenters. The van der Waals surface area contributed by atoms with Gasteiger partial charge in [-0.05, 0) is 38.9 Å². The van der Waals surface area contributed by atoms with E-state index in [-0.39, 0.29) is 36.3 Å². The standard InChI is InChI=1S/C13H27N3O.2ClH/c1-4-13(8-7-9-15-13)12(17)14-10-11-16(5-2)6-3;;/h15H,4-11H2,1-3H3,(H,14,17);2*1H. The number of carbonyl (C=O) groups is 1. The first-order valence-corrected chi connectivity index (χ1v) is 6.94. The molecule has 0 saturated carbocycles. The number of amides is 1. The Kier molecular flexibility index (Phi) is 12.0. The normalized spacial score (nSPS) is 21.7. The minimum absolute atomic E-state index is 0. The van der Waals surface area contributed by atoms with Crippen molar-refractivity contribution in [3.8, 4) is 0 Å². The van der Waals surface area contributed by atoms with Crippen molar-refractivity contribution in [1.82, 2.24) is 15.5 Å². The molecule has 1 aliphatic heterocycles. The maximum atomic E-state index is 12.2. The van der Waals surface area contributed by atoms with Gasteiger partial charge in [-0.15, -0.1) is 24.8 Å². The molecule has 0 bridgehead atoms. The predicted octanol–water partition coefficient (Wildman–Crippen LogP) is 1.82. The molecule has 1 fully saturated rings. The quantitative estimate of drug-likeness (QED) is 0.753. The minimum Gasteiger partial charge on any atom is -0.353 e. The Hall–Kier alpha value is -0.0300. The van der Waals surface area contributed by atoms with E-state index in [2.05, 4.69) is 36.3 Å². The molecule has 19 heavy (non-hydrogen) atoms. The molecule has 6 heteroatoms. The van der Waals surface area contributed by atoms with Gasteiger partial charge in [0.2, 0.25) is 5.91 Å². The van der Waals surface area contributed by atoms with Gasteiger partial charge in [-0.1, -0.05) is 20.8 Å². The summed E-state index contributed by atoms with van der Waals surface area (Å²) in [7, 11) is 0. The summed E-state index contributed by atoms with van der Waals surface area (Å²) in [4.78, 5) is 14.5. The summed E-state index contributed by atoms with van der Waals surface area (Å²) in [6, 6.07) is 0. The molecule has 1 amide bonds. The molecule has 1 rings (SSSR count). The van der Waals surface area contributed by atoms with Crippen molar-refractivity contribution in [2.75, 3.05) is 32.7 Å². The van der Waals surface area contributed by atoms with Gasteiger partial charge in [-0.3, -0.25) is 4.79 Å². The zero-order chi connectivity index (χ0) is 12.7. The van der Waals surface area contributed by atoms with Crippen LogP contribution in [0.2, 0.25) is 0 Å². The molecule has 1 unspecified atom stereocenters. The Morgan fingerprint density at radius 3 is 2.32 bits per heavy atom. The van der Waals surface area contributed by atoms with Crippen LogP contribution in [-0.4, -0.2) is 49.1 Å². The van der Waals surface area contributed by atoms with E-state index < -0.39 is 0 Å². The summed E-state index contributed by atoms with van der Waals surface area (Å²) in [6.45, 7) is 11.1. The number of rotatable bonds is 7. The van der Waals surface area contributed by atoms with Gasteiger partial charge >= 0.3 is 0 Å². The second-order valence-corrected chi connectivity index (χ2v) is 4.75. The van der Waals surface area contributed by atoms with E-state index in [4.69, 9.17) is 0 Å². The first kappa shape index (κ1) is 21.3. The fourth-order valence-corrected chi connectivity index (χ4v) is 2.50. The molecule has 0 spiro atoms. The van der Waals surface area contributed by atoms with Crippen LogP contribution in [0.25, 0.3) is 0 Å². The zero-order valence-electron chi connectivity index (χ0n) is 12.3. The maximum absolute atomic E-state index is 12.2. The van der Waals surface area contributed by atoms with E-state index in [1.165, 1.54) is 0 Å². The summed E-state index contributed by atoms with van der Waals surface area (Å²) in [6.07, 6.45) is 2.96. The molecule has 0 aromatic carbocycles. The van der Waals surface area contributed by atoms with E-state index in [0.29, 0.717) is 0 Å². The fraction of sp³-hybridized carbons (Fsp3) is 0.923. The van der Waals surface area contributed by atoms with Crippen molar-refractivity contribution >= 4 is 30.7 Å². The molecule has 0 aromatic rings. The molecular formula is C13H29Cl2N3O. The maximum Gasteiger partial charge on any atom is 0.240 e. The van der Waals surface area contributed by atoms with Gasteiger partial charge in [0, 0.05) is 13.1 Å². The second-order valence-electron chi connectivity index (χ2n) is 4.75. The summed E-state index contributed by atoms with van der Waals surface area (Å²) >= 11 is 0. The Bertz CT molecular complexity index is 242. The van der Waals surface area contributed by atoms with Crippen molar-refractivity contribution in [1.29, 1.82) is 0 Å². The molecule has 116 valence electrons. The van der Waals surface area contributed by atoms with Crippen LogP contribution >= 0.6 is 24.8 Å². The number of likely N-dealkylation sites (N-methyl/N-ethyl adjacent to an activating group) is 1. The third-order valence-electron chi connectivity index (χ3n) is 3.89. The molecule has 1 aliphatic rings. The molecule has 2 N–H and O–H groups in total. The average Bonchev–Trinajstić information content (AvgIpc) is 2.84. The third-order valence-corrected chi connectivity index (χ3v) is 3.89. The lowest BCUT2D eigenvalue weighted by molar-refractivity contribution is -0.127. The number of carbonyl (C=O) groups excluding carboxylic acids is 1. The highest BCUT2D eigenvalue weighted by atomic mass is 35.5. The van der Waals surface area contributed by atoms with Crippen molar-refractivity contribution < 1.29 is 4.79 Å². The predicted molar refractivity (Wildman–Crippen MR) is 85.6 cm³/mol. The molecule has 1 saturated heterocycles. The zero-order valence-corrected chi connectivity index (χ0v) is 14.0. The average molecular weight is 314 g/mol. The van der Waals surface area contributed by atoms with Crippen LogP contribution < -0.4 is 10.6 Å². The van der Waals surface area contributed by atoms with Crippen LogP contribution in [0.3, 0.4) is 0 Å². The van der Waals surface area contributed by atoms with Crippen LogP contribution in [0.4, 0.5) is 0 Å². The van der Waals surface area contributed by atoms with Gasteiger partial charge in [-0.25, -0.2) is 0 Å². The molecular weight excluding hydrogens is 285 g/mol. The summed E-state index contributed by atoms with van der Waals surface area (Å²) < 4.78 is 0. The van der Waals surface area contributed by atoms with Crippen LogP contribution in [0.1, 0.15) is 40.0 Å². The summed E-state index contributed by atoms with van der Waals surface area (Å²) in [5, 5.41) is 6.43. The summed E-state index contributed by atoms with van der Waals surface area (Å²) in [5.74, 6) is 0.185. The van der Waals surface area contributed by atoms with Crippen molar-refractivity contribution in [2.24, 2.45) is 0 Å². The van der Waals surface area contributed by atoms with Crippen LogP contribution in [0.5, 0.6) is 0 Å². The number of hydrogen-bond acceptors (Lipinski definition) is 3. The highest BCUT2D eigenvalue weighted by Crippen LogP contribution is 2.22. The smallest absolute Gasteiger partial charge is 0.240 e. The van der Waals surface area contributed by atoms with Gasteiger partial charge in [0.25, 0.3) is 0 Å². The van der Waals surface area contributed by atoms with Crippen LogP contribution in [0, 0.1) is 0 Å². The van der Waals surface area contributed by atoms with Gasteiger partial charge in [-0.2, -0.15) is 0 Å². The van der Waals surface area contributed by atoms with Gasteiger partial charge in [0.15, 0.2) is 0 Å². The first-order valence-electron chi connectivity index (χ1n) is 6.94. The number of hydrogen-bond donors (Lipinski definition) is 2. The van der Waals surface area contributed by atoms with E-state index in [1.54, 1.807) is 0 Å². The summed E-state index contributed by atoms with van der Waals surface area (Å²) in [5.41, 5.74) is -0.288. The van der Waals surface area contributed by atoms with E-state index in [0.717, 1.165) is 52.0 Å². The largest absolute Gasteiger partial charge is 0.353 e. The van der Waals surface area contributed by atoms with Crippen LogP contribution in [-0.2, 0) is 4.79 Å². The highest BCUT2D eigenvalue weighted by Gasteiger charge is 2.38. The van der Waals surface area contributed by atoms with Crippen LogP contribution in [0.15, 0.2) is 0 Å². The van der Waals surface area contributed by atoms with E-state index >= 15 is 0 Å². The number of halogens is 2. The molecule has 0 radical (unpaired) electrons. The lowest BCUT2D eigenvalue weighted by Crippen LogP contribution is -2.54. The monoisotopic (exact) mass is 313 g/mol. The first-order chi connectivity index (χ1) is 8.18.